The van der Waals surface area contributed by atoms with E-state index in [1.54, 1.807) is 0 Å². The molecule has 0 spiro atoms. The minimum absolute atomic E-state index is 0.0409. The van der Waals surface area contributed by atoms with E-state index < -0.39 is 19.9 Å². The van der Waals surface area contributed by atoms with Gasteiger partial charge in [-0.3, -0.25) is 4.79 Å². The van der Waals surface area contributed by atoms with Gasteiger partial charge in [0.15, 0.2) is 15.0 Å². The predicted molar refractivity (Wildman–Crippen MR) is 130 cm³/mol. The zero-order chi connectivity index (χ0) is 24.1. The first-order chi connectivity index (χ1) is 16.1. The highest BCUT2D eigenvalue weighted by atomic mass is 32.2. The van der Waals surface area contributed by atoms with Gasteiger partial charge in [0.1, 0.15) is 0 Å². The number of hydrogen-bond donors (Lipinski definition) is 1. The molecule has 2 heterocycles. The monoisotopic (exact) mass is 517 g/mol. The van der Waals surface area contributed by atoms with Gasteiger partial charge in [-0.1, -0.05) is 30.3 Å². The topological polar surface area (TPSA) is 114 Å². The Morgan fingerprint density at radius 1 is 1.03 bits per heavy atom. The van der Waals surface area contributed by atoms with E-state index in [-0.39, 0.29) is 34.7 Å². The summed E-state index contributed by atoms with van der Waals surface area (Å²) in [7, 11) is -7.38. The number of hydrogen-bond acceptors (Lipinski definition) is 7. The minimum atomic E-state index is -3.85. The van der Waals surface area contributed by atoms with Crippen LogP contribution in [0.15, 0.2) is 58.3 Å². The molecule has 1 aliphatic heterocycles. The molecule has 1 fully saturated rings. The number of sulfonamides is 1. The van der Waals surface area contributed by atoms with Crippen LogP contribution in [0.25, 0.3) is 11.3 Å². The first kappa shape index (κ1) is 23.2. The van der Waals surface area contributed by atoms with Crippen LogP contribution in [0.3, 0.4) is 0 Å². The van der Waals surface area contributed by atoms with Gasteiger partial charge in [-0.2, -0.15) is 4.31 Å². The summed E-state index contributed by atoms with van der Waals surface area (Å²) < 4.78 is 51.0. The van der Waals surface area contributed by atoms with E-state index >= 15 is 0 Å². The number of amides is 1. The molecular weight excluding hydrogens is 494 g/mol. The summed E-state index contributed by atoms with van der Waals surface area (Å²) in [6, 6.07) is 13.5. The van der Waals surface area contributed by atoms with Crippen LogP contribution in [0, 0.1) is 5.92 Å². The summed E-state index contributed by atoms with van der Waals surface area (Å²) in [6.45, 7) is 0.372. The molecule has 2 aromatic carbocycles. The largest absolute Gasteiger partial charge is 0.302 e. The Bertz CT molecular complexity index is 1490. The number of piperidine rings is 1. The molecule has 2 aliphatic rings. The van der Waals surface area contributed by atoms with Gasteiger partial charge >= 0.3 is 0 Å². The van der Waals surface area contributed by atoms with Gasteiger partial charge in [-0.15, -0.1) is 11.3 Å². The number of sulfone groups is 1. The second-order valence-corrected chi connectivity index (χ2v) is 13.6. The Hall–Kier alpha value is -2.60. The number of aromatic nitrogens is 1. The van der Waals surface area contributed by atoms with Crippen molar-refractivity contribution >= 4 is 42.2 Å². The molecule has 11 heteroatoms. The lowest BCUT2D eigenvalue weighted by atomic mass is 9.97. The van der Waals surface area contributed by atoms with Crippen molar-refractivity contribution < 1.29 is 21.6 Å². The van der Waals surface area contributed by atoms with Gasteiger partial charge < -0.3 is 5.32 Å². The molecule has 0 radical (unpaired) electrons. The third kappa shape index (κ3) is 4.28. The van der Waals surface area contributed by atoms with Gasteiger partial charge in [-0.05, 0) is 36.6 Å². The summed E-state index contributed by atoms with van der Waals surface area (Å²) >= 11 is 1.48. The van der Waals surface area contributed by atoms with E-state index in [0.29, 0.717) is 18.0 Å². The van der Waals surface area contributed by atoms with Gasteiger partial charge in [-0.25, -0.2) is 21.8 Å². The molecule has 1 aliphatic carbocycles. The molecular formula is C23H23N3O5S3. The van der Waals surface area contributed by atoms with Crippen molar-refractivity contribution in [2.45, 2.75) is 29.1 Å². The summed E-state index contributed by atoms with van der Waals surface area (Å²) in [6.07, 6.45) is 2.62. The summed E-state index contributed by atoms with van der Waals surface area (Å²) in [5.41, 5.74) is 3.27. The number of thiazole rings is 1. The summed E-state index contributed by atoms with van der Waals surface area (Å²) in [5, 5.41) is 3.48. The maximum Gasteiger partial charge on any atom is 0.243 e. The molecule has 1 aromatic heterocycles. The molecule has 0 saturated carbocycles. The number of nitrogens with zero attached hydrogens (tertiary/aromatic N) is 2. The normalized spacial score (nSPS) is 16.7. The fraction of sp³-hybridized carbons (Fsp3) is 0.304. The van der Waals surface area contributed by atoms with Crippen LogP contribution in [-0.2, 0) is 31.1 Å². The average molecular weight is 518 g/mol. The predicted octanol–water partition coefficient (Wildman–Crippen LogP) is 3.16. The number of anilines is 1. The SMILES string of the molecule is CS(=O)(=O)c1cccc(S(=O)(=O)N2CCC(C(=O)Nc3nc4c(s3)Cc3ccccc3-4)CC2)c1. The molecule has 1 N–H and O–H groups in total. The van der Waals surface area contributed by atoms with Crippen LogP contribution in [0.1, 0.15) is 23.3 Å². The number of benzene rings is 2. The number of nitrogens with one attached hydrogen (secondary N) is 1. The molecule has 0 bridgehead atoms. The highest BCUT2D eigenvalue weighted by Gasteiger charge is 2.33. The Morgan fingerprint density at radius 2 is 1.74 bits per heavy atom. The second kappa shape index (κ2) is 8.56. The molecule has 8 nitrogen and oxygen atoms in total. The van der Waals surface area contributed by atoms with Crippen molar-refractivity contribution in [2.75, 3.05) is 24.7 Å². The summed E-state index contributed by atoms with van der Waals surface area (Å²) in [5.74, 6) is -0.475. The molecule has 1 amide bonds. The molecule has 5 rings (SSSR count). The quantitative estimate of drug-likeness (QED) is 0.435. The Labute approximate surface area is 202 Å². The van der Waals surface area contributed by atoms with Crippen LogP contribution < -0.4 is 5.32 Å². The molecule has 1 saturated heterocycles. The van der Waals surface area contributed by atoms with Crippen LogP contribution in [0.2, 0.25) is 0 Å². The van der Waals surface area contributed by atoms with Gasteiger partial charge in [0, 0.05) is 42.1 Å². The molecule has 0 atom stereocenters. The van der Waals surface area contributed by atoms with E-state index in [2.05, 4.69) is 16.4 Å². The molecule has 178 valence electrons. The van der Waals surface area contributed by atoms with Crippen molar-refractivity contribution in [1.29, 1.82) is 0 Å². The first-order valence-corrected chi connectivity index (χ1v) is 15.0. The van der Waals surface area contributed by atoms with Crippen LogP contribution in [-0.4, -0.2) is 51.4 Å². The van der Waals surface area contributed by atoms with Crippen molar-refractivity contribution in [3.8, 4) is 11.3 Å². The van der Waals surface area contributed by atoms with E-state index in [0.717, 1.165) is 28.8 Å². The third-order valence-corrected chi connectivity index (χ3v) is 10.2. The standard InChI is InChI=1S/C23H23N3O5S3/c1-33(28,29)17-6-4-7-18(14-17)34(30,31)26-11-9-15(10-12-26)22(27)25-23-24-21-19-8-3-2-5-16(19)13-20(21)32-23/h2-8,14-15H,9-13H2,1H3,(H,24,25,27). The van der Waals surface area contributed by atoms with E-state index in [1.807, 2.05) is 18.2 Å². The van der Waals surface area contributed by atoms with Crippen molar-refractivity contribution in [3.63, 3.8) is 0 Å². The number of carbonyl (C=O) groups excluding carboxylic acids is 1. The van der Waals surface area contributed by atoms with Crippen LogP contribution >= 0.6 is 11.3 Å². The number of rotatable bonds is 5. The van der Waals surface area contributed by atoms with E-state index in [1.165, 1.54) is 45.5 Å². The maximum absolute atomic E-state index is 13.0. The maximum atomic E-state index is 13.0. The Balaban J connectivity index is 1.23. The van der Waals surface area contributed by atoms with Crippen molar-refractivity contribution in [3.05, 3.63) is 59.0 Å². The lowest BCUT2D eigenvalue weighted by Gasteiger charge is -2.30. The minimum Gasteiger partial charge on any atom is -0.302 e. The Morgan fingerprint density at radius 3 is 2.47 bits per heavy atom. The first-order valence-electron chi connectivity index (χ1n) is 10.8. The number of carbonyl (C=O) groups is 1. The fourth-order valence-electron chi connectivity index (χ4n) is 4.39. The van der Waals surface area contributed by atoms with E-state index in [9.17, 15) is 21.6 Å². The van der Waals surface area contributed by atoms with Crippen molar-refractivity contribution in [2.24, 2.45) is 5.92 Å². The van der Waals surface area contributed by atoms with Gasteiger partial charge in [0.25, 0.3) is 0 Å². The van der Waals surface area contributed by atoms with Gasteiger partial charge in [0.05, 0.1) is 15.5 Å². The lowest BCUT2D eigenvalue weighted by Crippen LogP contribution is -2.41. The van der Waals surface area contributed by atoms with Crippen LogP contribution in [0.5, 0.6) is 0 Å². The zero-order valence-corrected chi connectivity index (χ0v) is 20.8. The zero-order valence-electron chi connectivity index (χ0n) is 18.4. The molecule has 0 unspecified atom stereocenters. The van der Waals surface area contributed by atoms with Crippen molar-refractivity contribution in [1.82, 2.24) is 9.29 Å². The number of fused-ring (bicyclic) bond motifs is 3. The van der Waals surface area contributed by atoms with E-state index in [4.69, 9.17) is 0 Å². The van der Waals surface area contributed by atoms with Crippen LogP contribution in [0.4, 0.5) is 5.13 Å². The smallest absolute Gasteiger partial charge is 0.243 e. The highest BCUT2D eigenvalue weighted by Crippen LogP contribution is 2.41. The Kier molecular flexibility index (Phi) is 5.83. The second-order valence-electron chi connectivity index (χ2n) is 8.54. The fourth-order valence-corrected chi connectivity index (χ4v) is 7.65. The lowest BCUT2D eigenvalue weighted by molar-refractivity contribution is -0.120. The molecule has 34 heavy (non-hydrogen) atoms. The third-order valence-electron chi connectivity index (χ3n) is 6.25. The average Bonchev–Trinajstić information content (AvgIpc) is 3.36. The summed E-state index contributed by atoms with van der Waals surface area (Å²) in [4.78, 5) is 18.5. The highest BCUT2D eigenvalue weighted by molar-refractivity contribution is 7.91. The molecule has 3 aromatic rings. The van der Waals surface area contributed by atoms with Gasteiger partial charge in [0.2, 0.25) is 15.9 Å².